The number of hydrogen-bond acceptors (Lipinski definition) is 3. The first-order chi connectivity index (χ1) is 13.2. The van der Waals surface area contributed by atoms with Gasteiger partial charge in [-0.1, -0.05) is 30.3 Å². The van der Waals surface area contributed by atoms with E-state index in [9.17, 15) is 4.79 Å². The summed E-state index contributed by atoms with van der Waals surface area (Å²) in [6.07, 6.45) is 5.88. The van der Waals surface area contributed by atoms with Crippen molar-refractivity contribution in [3.63, 3.8) is 0 Å². The molecule has 5 rings (SSSR count). The molecular weight excluding hydrogens is 338 g/mol. The monoisotopic (exact) mass is 355 g/mol. The highest BCUT2D eigenvalue weighted by Gasteiger charge is 2.24. The van der Waals surface area contributed by atoms with Gasteiger partial charge in [0.05, 0.1) is 30.4 Å². The smallest absolute Gasteiger partial charge is 0.254 e. The first kappa shape index (κ1) is 15.6. The molecule has 0 spiro atoms. The van der Waals surface area contributed by atoms with Crippen LogP contribution in [0.3, 0.4) is 0 Å². The zero-order chi connectivity index (χ0) is 18.4. The van der Waals surface area contributed by atoms with Crippen molar-refractivity contribution < 1.29 is 9.53 Å². The highest BCUT2D eigenvalue weighted by Crippen LogP contribution is 2.31. The van der Waals surface area contributed by atoms with E-state index in [1.165, 1.54) is 0 Å². The highest BCUT2D eigenvalue weighted by molar-refractivity contribution is 6.16. The Balaban J connectivity index is 1.57. The fraction of sp³-hybridized carbons (Fsp3) is 0.0909. The average molecular weight is 355 g/mol. The van der Waals surface area contributed by atoms with Crippen molar-refractivity contribution >= 4 is 39.7 Å². The number of pyridine rings is 1. The van der Waals surface area contributed by atoms with Crippen molar-refractivity contribution in [3.05, 3.63) is 71.2 Å². The van der Waals surface area contributed by atoms with Gasteiger partial charge in [0, 0.05) is 28.0 Å². The van der Waals surface area contributed by atoms with Gasteiger partial charge in [-0.2, -0.15) is 0 Å². The molecule has 132 valence electrons. The van der Waals surface area contributed by atoms with Crippen LogP contribution in [-0.2, 0) is 6.54 Å². The van der Waals surface area contributed by atoms with Crippen LogP contribution in [0, 0.1) is 0 Å². The van der Waals surface area contributed by atoms with Gasteiger partial charge in [0.25, 0.3) is 5.91 Å². The molecule has 4 aromatic rings. The van der Waals surface area contributed by atoms with Gasteiger partial charge in [0.1, 0.15) is 5.75 Å². The van der Waals surface area contributed by atoms with Crippen LogP contribution in [-0.4, -0.2) is 23.0 Å². The van der Waals surface area contributed by atoms with Gasteiger partial charge in [-0.25, -0.2) is 0 Å². The molecule has 0 saturated heterocycles. The summed E-state index contributed by atoms with van der Waals surface area (Å²) in [5.74, 6) is 0.825. The van der Waals surface area contributed by atoms with Gasteiger partial charge in [-0.3, -0.25) is 9.78 Å². The molecule has 0 fully saturated rings. The molecule has 1 aliphatic heterocycles. The SMILES string of the molecule is COc1ccc(/C=C/c2cc3c(ccc4c5c([nH]c43)CNC5=O)cn2)cc1. The van der Waals surface area contributed by atoms with Crippen molar-refractivity contribution in [2.75, 3.05) is 7.11 Å². The quantitative estimate of drug-likeness (QED) is 0.580. The predicted octanol–water partition coefficient (Wildman–Crippen LogP) is 4.14. The maximum Gasteiger partial charge on any atom is 0.254 e. The molecule has 0 atom stereocenters. The lowest BCUT2D eigenvalue weighted by Gasteiger charge is -2.03. The number of fused-ring (bicyclic) bond motifs is 5. The van der Waals surface area contributed by atoms with Crippen LogP contribution in [0.5, 0.6) is 5.75 Å². The van der Waals surface area contributed by atoms with Gasteiger partial charge in [-0.05, 0) is 29.8 Å². The summed E-state index contributed by atoms with van der Waals surface area (Å²) in [7, 11) is 1.66. The lowest BCUT2D eigenvalue weighted by atomic mass is 10.1. The van der Waals surface area contributed by atoms with Gasteiger partial charge >= 0.3 is 0 Å². The lowest BCUT2D eigenvalue weighted by molar-refractivity contribution is 0.0967. The summed E-state index contributed by atoms with van der Waals surface area (Å²) in [6, 6.07) is 13.9. The normalized spacial score (nSPS) is 13.4. The van der Waals surface area contributed by atoms with Crippen molar-refractivity contribution in [1.29, 1.82) is 0 Å². The number of hydrogen-bond donors (Lipinski definition) is 2. The lowest BCUT2D eigenvalue weighted by Crippen LogP contribution is -2.13. The molecule has 27 heavy (non-hydrogen) atoms. The van der Waals surface area contributed by atoms with Crippen LogP contribution in [0.2, 0.25) is 0 Å². The molecule has 0 bridgehead atoms. The fourth-order valence-electron chi connectivity index (χ4n) is 3.59. The largest absolute Gasteiger partial charge is 0.497 e. The van der Waals surface area contributed by atoms with Gasteiger partial charge in [0.2, 0.25) is 0 Å². The molecular formula is C22H17N3O2. The average Bonchev–Trinajstić information content (AvgIpc) is 3.26. The van der Waals surface area contributed by atoms with Gasteiger partial charge in [0.15, 0.2) is 0 Å². The summed E-state index contributed by atoms with van der Waals surface area (Å²) in [6.45, 7) is 0.555. The van der Waals surface area contributed by atoms with Crippen molar-refractivity contribution in [2.45, 2.75) is 6.54 Å². The molecule has 5 nitrogen and oxygen atoms in total. The van der Waals surface area contributed by atoms with E-state index in [1.54, 1.807) is 7.11 Å². The van der Waals surface area contributed by atoms with Crippen molar-refractivity contribution in [2.24, 2.45) is 0 Å². The highest BCUT2D eigenvalue weighted by atomic mass is 16.5. The molecule has 2 aromatic heterocycles. The Labute approximate surface area is 155 Å². The number of rotatable bonds is 3. The second-order valence-corrected chi connectivity index (χ2v) is 6.59. The Kier molecular flexibility index (Phi) is 3.47. The van der Waals surface area contributed by atoms with E-state index in [1.807, 2.05) is 54.7 Å². The molecule has 3 heterocycles. The molecule has 2 N–H and O–H groups in total. The Bertz CT molecular complexity index is 1220. The number of carbonyl (C=O) groups is 1. The number of nitrogens with zero attached hydrogens (tertiary/aromatic N) is 1. The number of nitrogens with one attached hydrogen (secondary N) is 2. The number of amides is 1. The number of ether oxygens (including phenoxy) is 1. The Hall–Kier alpha value is -3.60. The molecule has 1 aliphatic rings. The third kappa shape index (κ3) is 2.56. The van der Waals surface area contributed by atoms with E-state index in [0.29, 0.717) is 6.54 Å². The predicted molar refractivity (Wildman–Crippen MR) is 107 cm³/mol. The van der Waals surface area contributed by atoms with E-state index in [4.69, 9.17) is 4.74 Å². The van der Waals surface area contributed by atoms with Crippen LogP contribution >= 0.6 is 0 Å². The van der Waals surface area contributed by atoms with E-state index in [0.717, 1.165) is 49.9 Å². The number of H-pyrrole nitrogens is 1. The molecule has 0 saturated carbocycles. The number of aromatic nitrogens is 2. The Morgan fingerprint density at radius 2 is 1.93 bits per heavy atom. The standard InChI is InChI=1S/C22H17N3O2/c1-27-16-7-3-13(4-8-16)2-6-15-10-18-14(11-23-15)5-9-17-20-19(25-21(17)18)12-24-22(20)26/h2-11,25H,12H2,1H3,(H,24,26)/b6-2+. The summed E-state index contributed by atoms with van der Waals surface area (Å²) in [5, 5.41) is 5.94. The van der Waals surface area contributed by atoms with Crippen LogP contribution in [0.4, 0.5) is 0 Å². The molecule has 0 unspecified atom stereocenters. The number of carbonyl (C=O) groups excluding carboxylic acids is 1. The second-order valence-electron chi connectivity index (χ2n) is 6.59. The van der Waals surface area contributed by atoms with Crippen LogP contribution in [0.25, 0.3) is 33.8 Å². The second kappa shape index (κ2) is 5.99. The van der Waals surface area contributed by atoms with E-state index in [2.05, 4.69) is 21.4 Å². The fourth-order valence-corrected chi connectivity index (χ4v) is 3.59. The first-order valence-electron chi connectivity index (χ1n) is 8.76. The Morgan fingerprint density at radius 1 is 1.07 bits per heavy atom. The molecule has 2 aromatic carbocycles. The molecule has 5 heteroatoms. The third-order valence-electron chi connectivity index (χ3n) is 4.99. The number of aromatic amines is 1. The minimum absolute atomic E-state index is 0.00992. The van der Waals surface area contributed by atoms with E-state index in [-0.39, 0.29) is 5.91 Å². The van der Waals surface area contributed by atoms with Crippen molar-refractivity contribution in [1.82, 2.24) is 15.3 Å². The van der Waals surface area contributed by atoms with Crippen LogP contribution in [0.1, 0.15) is 27.3 Å². The summed E-state index contributed by atoms with van der Waals surface area (Å²) in [4.78, 5) is 20.0. The van der Waals surface area contributed by atoms with Crippen LogP contribution < -0.4 is 10.1 Å². The van der Waals surface area contributed by atoms with Gasteiger partial charge in [-0.15, -0.1) is 0 Å². The molecule has 0 aliphatic carbocycles. The third-order valence-corrected chi connectivity index (χ3v) is 4.99. The first-order valence-corrected chi connectivity index (χ1v) is 8.76. The minimum Gasteiger partial charge on any atom is -0.497 e. The number of benzene rings is 2. The van der Waals surface area contributed by atoms with E-state index >= 15 is 0 Å². The Morgan fingerprint density at radius 3 is 2.74 bits per heavy atom. The maximum absolute atomic E-state index is 12.1. The topological polar surface area (TPSA) is 67.0 Å². The maximum atomic E-state index is 12.1. The van der Waals surface area contributed by atoms with Gasteiger partial charge < -0.3 is 15.0 Å². The molecule has 0 radical (unpaired) electrons. The summed E-state index contributed by atoms with van der Waals surface area (Å²) >= 11 is 0. The molecule has 1 amide bonds. The van der Waals surface area contributed by atoms with Crippen LogP contribution in [0.15, 0.2) is 48.7 Å². The van der Waals surface area contributed by atoms with E-state index < -0.39 is 0 Å². The summed E-state index contributed by atoms with van der Waals surface area (Å²) in [5.41, 5.74) is 4.65. The zero-order valence-electron chi connectivity index (χ0n) is 14.7. The minimum atomic E-state index is -0.00992. The van der Waals surface area contributed by atoms with Crippen molar-refractivity contribution in [3.8, 4) is 5.75 Å². The summed E-state index contributed by atoms with van der Waals surface area (Å²) < 4.78 is 5.19. The number of methoxy groups -OCH3 is 1. The zero-order valence-corrected chi connectivity index (χ0v) is 14.7.